The number of carbonyl (C=O) groups is 2. The average Bonchev–Trinajstić information content (AvgIpc) is 2.35. The Balaban J connectivity index is 2.48. The summed E-state index contributed by atoms with van der Waals surface area (Å²) in [4.78, 5) is 24.5. The van der Waals surface area contributed by atoms with Gasteiger partial charge in [-0.15, -0.1) is 0 Å². The highest BCUT2D eigenvalue weighted by Gasteiger charge is 2.30. The van der Waals surface area contributed by atoms with E-state index in [9.17, 15) is 9.59 Å². The van der Waals surface area contributed by atoms with Gasteiger partial charge in [-0.2, -0.15) is 11.8 Å². The second kappa shape index (κ2) is 6.86. The van der Waals surface area contributed by atoms with Gasteiger partial charge >= 0.3 is 5.97 Å². The fraction of sp³-hybridized carbons (Fsp3) is 0.818. The lowest BCUT2D eigenvalue weighted by molar-refractivity contribution is -0.146. The number of carboxylic acid groups (broad SMARTS) is 1. The number of hydrogen-bond donors (Lipinski definition) is 2. The zero-order valence-corrected chi connectivity index (χ0v) is 10.9. The molecule has 0 aromatic rings. The van der Waals surface area contributed by atoms with E-state index in [-0.39, 0.29) is 5.91 Å². The van der Waals surface area contributed by atoms with Gasteiger partial charge in [-0.1, -0.05) is 0 Å². The maximum absolute atomic E-state index is 12.0. The van der Waals surface area contributed by atoms with Crippen molar-refractivity contribution in [2.75, 3.05) is 25.1 Å². The van der Waals surface area contributed by atoms with Gasteiger partial charge in [0, 0.05) is 13.1 Å². The highest BCUT2D eigenvalue weighted by atomic mass is 32.2. The molecule has 1 aliphatic heterocycles. The minimum absolute atomic E-state index is 0.106. The number of nitrogens with zero attached hydrogens (tertiary/aromatic N) is 1. The second-order valence-corrected chi connectivity index (χ2v) is 5.34. The van der Waals surface area contributed by atoms with E-state index in [4.69, 9.17) is 10.8 Å². The number of rotatable bonds is 5. The van der Waals surface area contributed by atoms with E-state index >= 15 is 0 Å². The van der Waals surface area contributed by atoms with Gasteiger partial charge in [0.25, 0.3) is 0 Å². The molecular weight excluding hydrogens is 240 g/mol. The third-order valence-electron chi connectivity index (χ3n) is 3.03. The molecule has 17 heavy (non-hydrogen) atoms. The van der Waals surface area contributed by atoms with Crippen molar-refractivity contribution in [3.05, 3.63) is 0 Å². The molecule has 6 heteroatoms. The van der Waals surface area contributed by atoms with E-state index in [0.717, 1.165) is 12.2 Å². The first-order valence-corrected chi connectivity index (χ1v) is 7.21. The minimum Gasteiger partial charge on any atom is -0.481 e. The Morgan fingerprint density at radius 3 is 2.88 bits per heavy atom. The van der Waals surface area contributed by atoms with Crippen molar-refractivity contribution >= 4 is 23.6 Å². The van der Waals surface area contributed by atoms with E-state index in [1.54, 1.807) is 16.7 Å². The molecule has 0 bridgehead atoms. The molecule has 1 rings (SSSR count). The van der Waals surface area contributed by atoms with Crippen molar-refractivity contribution in [3.63, 3.8) is 0 Å². The lowest BCUT2D eigenvalue weighted by atomic mass is 9.97. The molecular formula is C11H20N2O3S. The Morgan fingerprint density at radius 1 is 1.59 bits per heavy atom. The summed E-state index contributed by atoms with van der Waals surface area (Å²) in [6.45, 7) is 0.941. The maximum atomic E-state index is 12.0. The summed E-state index contributed by atoms with van der Waals surface area (Å²) >= 11 is 1.65. The number of nitrogens with two attached hydrogens (primary N) is 1. The number of likely N-dealkylation sites (tertiary alicyclic amines) is 1. The van der Waals surface area contributed by atoms with E-state index in [1.165, 1.54) is 0 Å². The molecule has 1 aliphatic rings. The summed E-state index contributed by atoms with van der Waals surface area (Å²) in [5.41, 5.74) is 5.80. The molecule has 0 aliphatic carbocycles. The lowest BCUT2D eigenvalue weighted by Crippen LogP contribution is -2.49. The van der Waals surface area contributed by atoms with Gasteiger partial charge in [0.1, 0.15) is 0 Å². The largest absolute Gasteiger partial charge is 0.481 e. The Kier molecular flexibility index (Phi) is 5.77. The van der Waals surface area contributed by atoms with Crippen LogP contribution < -0.4 is 5.73 Å². The van der Waals surface area contributed by atoms with Gasteiger partial charge in [0.05, 0.1) is 12.0 Å². The first-order chi connectivity index (χ1) is 8.06. The number of piperidine rings is 1. The Bertz CT molecular complexity index is 286. The number of carboxylic acids is 1. The maximum Gasteiger partial charge on any atom is 0.308 e. The molecule has 0 spiro atoms. The van der Waals surface area contributed by atoms with Gasteiger partial charge in [0.2, 0.25) is 5.91 Å². The Labute approximate surface area is 106 Å². The molecule has 0 aromatic heterocycles. The van der Waals surface area contributed by atoms with Crippen molar-refractivity contribution in [2.45, 2.75) is 25.3 Å². The predicted octanol–water partition coefficient (Wildman–Crippen LogP) is 0.390. The zero-order chi connectivity index (χ0) is 12.8. The topological polar surface area (TPSA) is 83.6 Å². The number of thioether (sulfide) groups is 1. The zero-order valence-electron chi connectivity index (χ0n) is 10.1. The van der Waals surface area contributed by atoms with Gasteiger partial charge in [-0.3, -0.25) is 9.59 Å². The fourth-order valence-corrected chi connectivity index (χ4v) is 2.47. The molecule has 1 heterocycles. The van der Waals surface area contributed by atoms with E-state index < -0.39 is 17.9 Å². The highest BCUT2D eigenvalue weighted by molar-refractivity contribution is 7.98. The molecule has 3 N–H and O–H groups in total. The second-order valence-electron chi connectivity index (χ2n) is 4.35. The number of aliphatic carboxylic acids is 1. The molecule has 2 atom stereocenters. The number of carbonyl (C=O) groups excluding carboxylic acids is 1. The van der Waals surface area contributed by atoms with Crippen LogP contribution in [0.25, 0.3) is 0 Å². The van der Waals surface area contributed by atoms with E-state index in [2.05, 4.69) is 0 Å². The van der Waals surface area contributed by atoms with Crippen molar-refractivity contribution in [2.24, 2.45) is 11.7 Å². The summed E-state index contributed by atoms with van der Waals surface area (Å²) in [6, 6.07) is -0.491. The molecule has 0 aromatic carbocycles. The van der Waals surface area contributed by atoms with Crippen molar-refractivity contribution in [1.29, 1.82) is 0 Å². The Hall–Kier alpha value is -0.750. The predicted molar refractivity (Wildman–Crippen MR) is 67.9 cm³/mol. The van der Waals surface area contributed by atoms with Crippen LogP contribution in [0.4, 0.5) is 0 Å². The lowest BCUT2D eigenvalue weighted by Gasteiger charge is -2.32. The summed E-state index contributed by atoms with van der Waals surface area (Å²) in [5.74, 6) is -0.506. The van der Waals surface area contributed by atoms with Crippen molar-refractivity contribution < 1.29 is 14.7 Å². The average molecular weight is 260 g/mol. The first-order valence-electron chi connectivity index (χ1n) is 5.82. The minimum atomic E-state index is -0.819. The number of amides is 1. The monoisotopic (exact) mass is 260 g/mol. The summed E-state index contributed by atoms with van der Waals surface area (Å²) in [7, 11) is 0. The van der Waals surface area contributed by atoms with E-state index in [0.29, 0.717) is 25.9 Å². The van der Waals surface area contributed by atoms with Crippen LogP contribution in [-0.2, 0) is 9.59 Å². The smallest absolute Gasteiger partial charge is 0.308 e. The fourth-order valence-electron chi connectivity index (χ4n) is 1.98. The third-order valence-corrected chi connectivity index (χ3v) is 3.68. The van der Waals surface area contributed by atoms with Gasteiger partial charge in [-0.05, 0) is 31.3 Å². The molecule has 1 fully saturated rings. The third kappa shape index (κ3) is 4.20. The highest BCUT2D eigenvalue weighted by Crippen LogP contribution is 2.17. The SMILES string of the molecule is CSCC[C@H](N)C(=O)N1CCCC(C(=O)O)C1. The molecule has 1 amide bonds. The molecule has 5 nitrogen and oxygen atoms in total. The molecule has 0 saturated carbocycles. The Morgan fingerprint density at radius 2 is 2.29 bits per heavy atom. The van der Waals surface area contributed by atoms with Gasteiger partial charge in [-0.25, -0.2) is 0 Å². The van der Waals surface area contributed by atoms with Crippen LogP contribution in [0, 0.1) is 5.92 Å². The molecule has 1 saturated heterocycles. The standard InChI is InChI=1S/C11H20N2O3S/c1-17-6-4-9(12)10(14)13-5-2-3-8(7-13)11(15)16/h8-9H,2-7,12H2,1H3,(H,15,16)/t8?,9-/m0/s1. The van der Waals surface area contributed by atoms with Crippen LogP contribution in [0.5, 0.6) is 0 Å². The normalized spacial score (nSPS) is 22.2. The van der Waals surface area contributed by atoms with Crippen LogP contribution in [-0.4, -0.2) is 53.0 Å². The quantitative estimate of drug-likeness (QED) is 0.747. The number of hydrogen-bond acceptors (Lipinski definition) is 4. The van der Waals surface area contributed by atoms with Crippen molar-refractivity contribution in [3.8, 4) is 0 Å². The summed E-state index contributed by atoms with van der Waals surface area (Å²) < 4.78 is 0. The van der Waals surface area contributed by atoms with Crippen LogP contribution in [0.2, 0.25) is 0 Å². The summed E-state index contributed by atoms with van der Waals surface area (Å²) in [5, 5.41) is 8.95. The summed E-state index contributed by atoms with van der Waals surface area (Å²) in [6.07, 6.45) is 4.02. The molecule has 98 valence electrons. The molecule has 1 unspecified atom stereocenters. The molecule has 0 radical (unpaired) electrons. The van der Waals surface area contributed by atoms with Crippen molar-refractivity contribution in [1.82, 2.24) is 4.90 Å². The van der Waals surface area contributed by atoms with Crippen LogP contribution in [0.3, 0.4) is 0 Å². The van der Waals surface area contributed by atoms with Gasteiger partial charge in [0.15, 0.2) is 0 Å². The van der Waals surface area contributed by atoms with Crippen LogP contribution in [0.15, 0.2) is 0 Å². The van der Waals surface area contributed by atoms with Gasteiger partial charge < -0.3 is 15.7 Å². The van der Waals surface area contributed by atoms with Crippen LogP contribution in [0.1, 0.15) is 19.3 Å². The van der Waals surface area contributed by atoms with E-state index in [1.807, 2.05) is 6.26 Å². The van der Waals surface area contributed by atoms with Crippen LogP contribution >= 0.6 is 11.8 Å². The first kappa shape index (κ1) is 14.3.